The van der Waals surface area contributed by atoms with Gasteiger partial charge in [0.1, 0.15) is 12.4 Å². The Labute approximate surface area is 193 Å². The molecule has 168 valence electrons. The molecule has 2 amide bonds. The van der Waals surface area contributed by atoms with Crippen LogP contribution in [0.1, 0.15) is 42.4 Å². The highest BCUT2D eigenvalue weighted by Gasteiger charge is 2.22. The van der Waals surface area contributed by atoms with E-state index in [9.17, 15) is 9.59 Å². The molecular weight excluding hydrogens is 424 g/mol. The molecule has 1 fully saturated rings. The maximum Gasteiger partial charge on any atom is 0.252 e. The largest absolute Gasteiger partial charge is 0.352 e. The summed E-state index contributed by atoms with van der Waals surface area (Å²) in [5.74, 6) is 1.52. The van der Waals surface area contributed by atoms with Gasteiger partial charge in [0, 0.05) is 26.1 Å². The number of aromatic nitrogens is 2. The molecule has 2 aromatic carbocycles. The number of aryl methyl sites for hydroxylation is 1. The van der Waals surface area contributed by atoms with Crippen LogP contribution in [-0.2, 0) is 17.8 Å². The number of benzene rings is 2. The normalized spacial score (nSPS) is 14.6. The van der Waals surface area contributed by atoms with Crippen molar-refractivity contribution in [2.45, 2.75) is 39.2 Å². The number of para-hydroxylation sites is 2. The molecule has 0 spiro atoms. The van der Waals surface area contributed by atoms with E-state index in [1.165, 1.54) is 0 Å². The number of amides is 2. The Morgan fingerprint density at radius 2 is 1.81 bits per heavy atom. The highest BCUT2D eigenvalue weighted by atomic mass is 35.5. The first-order valence-electron chi connectivity index (χ1n) is 11.3. The Kier molecular flexibility index (Phi) is 7.10. The molecule has 0 aliphatic carbocycles. The third-order valence-corrected chi connectivity index (χ3v) is 6.47. The van der Waals surface area contributed by atoms with Gasteiger partial charge in [-0.25, -0.2) is 4.98 Å². The van der Waals surface area contributed by atoms with Crippen LogP contribution in [0.25, 0.3) is 11.0 Å². The summed E-state index contributed by atoms with van der Waals surface area (Å²) in [6.45, 7) is 4.71. The fourth-order valence-electron chi connectivity index (χ4n) is 4.17. The quantitative estimate of drug-likeness (QED) is 0.543. The van der Waals surface area contributed by atoms with E-state index >= 15 is 0 Å². The van der Waals surface area contributed by atoms with Crippen LogP contribution in [-0.4, -0.2) is 45.9 Å². The predicted octanol–water partition coefficient (Wildman–Crippen LogP) is 4.31. The van der Waals surface area contributed by atoms with E-state index in [2.05, 4.69) is 12.2 Å². The van der Waals surface area contributed by atoms with E-state index < -0.39 is 0 Å². The van der Waals surface area contributed by atoms with Crippen LogP contribution < -0.4 is 5.32 Å². The molecule has 6 nitrogen and oxygen atoms in total. The van der Waals surface area contributed by atoms with Crippen molar-refractivity contribution in [1.82, 2.24) is 19.8 Å². The fraction of sp³-hybridized carbons (Fsp3) is 0.400. The molecule has 0 atom stereocenters. The summed E-state index contributed by atoms with van der Waals surface area (Å²) < 4.78 is 2.03. The summed E-state index contributed by atoms with van der Waals surface area (Å²) in [6.07, 6.45) is 3.51. The van der Waals surface area contributed by atoms with E-state index in [0.29, 0.717) is 36.0 Å². The summed E-state index contributed by atoms with van der Waals surface area (Å²) in [6, 6.07) is 14.9. The Bertz CT molecular complexity index is 1100. The van der Waals surface area contributed by atoms with Gasteiger partial charge in [-0.2, -0.15) is 0 Å². The summed E-state index contributed by atoms with van der Waals surface area (Å²) in [4.78, 5) is 32.1. The lowest BCUT2D eigenvalue weighted by Crippen LogP contribution is -2.40. The van der Waals surface area contributed by atoms with Crippen LogP contribution in [0.15, 0.2) is 48.5 Å². The maximum atomic E-state index is 13.0. The van der Waals surface area contributed by atoms with Crippen LogP contribution in [0, 0.1) is 5.92 Å². The van der Waals surface area contributed by atoms with E-state index in [1.807, 2.05) is 33.7 Å². The number of hydrogen-bond donors (Lipinski definition) is 1. The second-order valence-corrected chi connectivity index (χ2v) is 8.91. The van der Waals surface area contributed by atoms with Gasteiger partial charge in [-0.1, -0.05) is 42.8 Å². The molecule has 4 rings (SSSR count). The second kappa shape index (κ2) is 10.2. The number of fused-ring (bicyclic) bond motifs is 1. The first-order valence-corrected chi connectivity index (χ1v) is 11.7. The van der Waals surface area contributed by atoms with Gasteiger partial charge in [-0.15, -0.1) is 0 Å². The fourth-order valence-corrected chi connectivity index (χ4v) is 4.40. The number of rotatable bonds is 7. The van der Waals surface area contributed by atoms with Crippen LogP contribution in [0.5, 0.6) is 0 Å². The van der Waals surface area contributed by atoms with E-state index in [4.69, 9.17) is 16.6 Å². The van der Waals surface area contributed by atoms with Crippen molar-refractivity contribution in [3.05, 3.63) is 64.9 Å². The lowest BCUT2D eigenvalue weighted by molar-refractivity contribution is -0.133. The highest BCUT2D eigenvalue weighted by Crippen LogP contribution is 2.20. The summed E-state index contributed by atoms with van der Waals surface area (Å²) in [7, 11) is 0. The van der Waals surface area contributed by atoms with Crippen LogP contribution in [0.3, 0.4) is 0 Å². The minimum Gasteiger partial charge on any atom is -0.352 e. The Balaban J connectivity index is 1.40. The average molecular weight is 453 g/mol. The first kappa shape index (κ1) is 22.3. The number of likely N-dealkylation sites (tertiary alicyclic amines) is 1. The van der Waals surface area contributed by atoms with Gasteiger partial charge in [0.25, 0.3) is 5.91 Å². The highest BCUT2D eigenvalue weighted by molar-refractivity contribution is 6.33. The third-order valence-electron chi connectivity index (χ3n) is 6.14. The van der Waals surface area contributed by atoms with Crippen LogP contribution >= 0.6 is 11.6 Å². The molecule has 1 N–H and O–H groups in total. The molecule has 3 aromatic rings. The summed E-state index contributed by atoms with van der Waals surface area (Å²) >= 11 is 6.10. The van der Waals surface area contributed by atoms with Gasteiger partial charge in [0.2, 0.25) is 5.91 Å². The number of carbonyl (C=O) groups excluding carboxylic acids is 2. The number of hydrogen-bond acceptors (Lipinski definition) is 3. The Morgan fingerprint density at radius 3 is 2.59 bits per heavy atom. The minimum atomic E-state index is -0.182. The van der Waals surface area contributed by atoms with Crippen molar-refractivity contribution in [3.8, 4) is 0 Å². The van der Waals surface area contributed by atoms with Gasteiger partial charge in [0.15, 0.2) is 0 Å². The SMILES string of the molecule is CC1CCN(C(=O)Cn2c(CCCNC(=O)c3ccccc3Cl)nc3ccccc32)CC1. The van der Waals surface area contributed by atoms with Crippen molar-refractivity contribution in [1.29, 1.82) is 0 Å². The summed E-state index contributed by atoms with van der Waals surface area (Å²) in [5, 5.41) is 3.37. The standard InChI is InChI=1S/C25H29ClN4O2/c1-18-12-15-29(16-13-18)24(31)17-30-22-10-5-4-9-21(22)28-23(30)11-6-14-27-25(32)19-7-2-3-8-20(19)26/h2-5,7-10,18H,6,11-17H2,1H3,(H,27,32). The van der Waals surface area contributed by atoms with E-state index in [1.54, 1.807) is 24.3 Å². The number of carbonyl (C=O) groups is 2. The Morgan fingerprint density at radius 1 is 1.09 bits per heavy atom. The molecule has 1 aromatic heterocycles. The summed E-state index contributed by atoms with van der Waals surface area (Å²) in [5.41, 5.74) is 2.34. The first-order chi connectivity index (χ1) is 15.5. The van der Waals surface area contributed by atoms with Gasteiger partial charge in [-0.05, 0) is 49.4 Å². The van der Waals surface area contributed by atoms with Crippen molar-refractivity contribution in [3.63, 3.8) is 0 Å². The zero-order valence-electron chi connectivity index (χ0n) is 18.4. The molecule has 1 saturated heterocycles. The Hall–Kier alpha value is -2.86. The lowest BCUT2D eigenvalue weighted by atomic mass is 9.99. The number of imidazole rings is 1. The van der Waals surface area contributed by atoms with Gasteiger partial charge in [0.05, 0.1) is 21.6 Å². The molecule has 0 radical (unpaired) electrons. The molecular formula is C25H29ClN4O2. The predicted molar refractivity (Wildman–Crippen MR) is 127 cm³/mol. The van der Waals surface area contributed by atoms with E-state index in [0.717, 1.165) is 49.2 Å². The number of halogens is 1. The maximum absolute atomic E-state index is 13.0. The minimum absolute atomic E-state index is 0.147. The molecule has 32 heavy (non-hydrogen) atoms. The molecule has 0 bridgehead atoms. The molecule has 1 aliphatic rings. The van der Waals surface area contributed by atoms with Gasteiger partial charge >= 0.3 is 0 Å². The molecule has 0 saturated carbocycles. The average Bonchev–Trinajstić information content (AvgIpc) is 3.14. The van der Waals surface area contributed by atoms with Crippen LogP contribution in [0.4, 0.5) is 0 Å². The molecule has 1 aliphatic heterocycles. The van der Waals surface area contributed by atoms with Crippen LogP contribution in [0.2, 0.25) is 5.02 Å². The lowest BCUT2D eigenvalue weighted by Gasteiger charge is -2.30. The van der Waals surface area contributed by atoms with Crippen molar-refractivity contribution in [2.75, 3.05) is 19.6 Å². The van der Waals surface area contributed by atoms with Crippen molar-refractivity contribution in [2.24, 2.45) is 5.92 Å². The smallest absolute Gasteiger partial charge is 0.252 e. The monoisotopic (exact) mass is 452 g/mol. The third kappa shape index (κ3) is 5.13. The van der Waals surface area contributed by atoms with E-state index in [-0.39, 0.29) is 11.8 Å². The number of nitrogens with zero attached hydrogens (tertiary/aromatic N) is 3. The van der Waals surface area contributed by atoms with Crippen molar-refractivity contribution >= 4 is 34.4 Å². The molecule has 2 heterocycles. The molecule has 7 heteroatoms. The van der Waals surface area contributed by atoms with Gasteiger partial charge < -0.3 is 14.8 Å². The van der Waals surface area contributed by atoms with Crippen molar-refractivity contribution < 1.29 is 9.59 Å². The second-order valence-electron chi connectivity index (χ2n) is 8.51. The zero-order valence-corrected chi connectivity index (χ0v) is 19.1. The zero-order chi connectivity index (χ0) is 22.5. The number of nitrogens with one attached hydrogen (secondary N) is 1. The molecule has 0 unspecified atom stereocenters. The number of piperidine rings is 1. The van der Waals surface area contributed by atoms with Gasteiger partial charge in [-0.3, -0.25) is 9.59 Å². The topological polar surface area (TPSA) is 67.2 Å².